The Balaban J connectivity index is 2.15. The normalized spacial score (nSPS) is 15.7. The van der Waals surface area contributed by atoms with Crippen LogP contribution in [0, 0.1) is 0 Å². The molecule has 0 atom stereocenters. The molecule has 0 N–H and O–H groups in total. The maximum atomic E-state index is 11.2. The number of cyclic esters (lactones) is 1. The predicted octanol–water partition coefficient (Wildman–Crippen LogP) is 1.93. The Morgan fingerprint density at radius 3 is 2.80 bits per heavy atom. The fourth-order valence-electron chi connectivity index (χ4n) is 1.35. The van der Waals surface area contributed by atoms with Gasteiger partial charge in [0.25, 0.3) is 5.91 Å². The highest BCUT2D eigenvalue weighted by Crippen LogP contribution is 2.15. The van der Waals surface area contributed by atoms with Crippen LogP contribution in [0.25, 0.3) is 0 Å². The summed E-state index contributed by atoms with van der Waals surface area (Å²) in [6, 6.07) is 7.45. The van der Waals surface area contributed by atoms with E-state index in [0.717, 1.165) is 14.9 Å². The van der Waals surface area contributed by atoms with Crippen molar-refractivity contribution >= 4 is 27.9 Å². The van der Waals surface area contributed by atoms with Crippen molar-refractivity contribution in [2.75, 3.05) is 6.61 Å². The van der Waals surface area contributed by atoms with Crippen LogP contribution < -0.4 is 0 Å². The van der Waals surface area contributed by atoms with Crippen LogP contribution in [-0.2, 0) is 16.1 Å². The number of carbonyl (C=O) groups excluding carboxylic acids is 2. The minimum Gasteiger partial charge on any atom is -0.439 e. The zero-order valence-electron chi connectivity index (χ0n) is 7.77. The van der Waals surface area contributed by atoms with Gasteiger partial charge in [-0.3, -0.25) is 4.79 Å². The van der Waals surface area contributed by atoms with Gasteiger partial charge in [-0.1, -0.05) is 28.1 Å². The highest BCUT2D eigenvalue weighted by Gasteiger charge is 2.30. The molecule has 0 bridgehead atoms. The molecular weight excluding hydrogens is 262 g/mol. The molecule has 2 rings (SSSR count). The van der Waals surface area contributed by atoms with Gasteiger partial charge in [0, 0.05) is 4.47 Å². The average molecular weight is 270 g/mol. The Labute approximate surface area is 94.9 Å². The quantitative estimate of drug-likeness (QED) is 0.824. The van der Waals surface area contributed by atoms with Crippen LogP contribution in [0.5, 0.6) is 0 Å². The number of imide groups is 1. The standard InChI is InChI=1S/C10H8BrNO3/c11-8-3-1-2-7(4-8)5-12-9(13)6-15-10(12)14/h1-4H,5-6H2. The number of halogens is 1. The summed E-state index contributed by atoms with van der Waals surface area (Å²) in [4.78, 5) is 23.5. The molecule has 1 aliphatic heterocycles. The van der Waals surface area contributed by atoms with E-state index in [1.54, 1.807) is 0 Å². The zero-order valence-corrected chi connectivity index (χ0v) is 9.36. The zero-order chi connectivity index (χ0) is 10.8. The predicted molar refractivity (Wildman–Crippen MR) is 56.0 cm³/mol. The lowest BCUT2D eigenvalue weighted by molar-refractivity contribution is -0.126. The summed E-state index contributed by atoms with van der Waals surface area (Å²) in [6.45, 7) is 0.115. The third-order valence-electron chi connectivity index (χ3n) is 2.07. The maximum absolute atomic E-state index is 11.2. The Hall–Kier alpha value is -1.36. The first-order valence-electron chi connectivity index (χ1n) is 4.38. The van der Waals surface area contributed by atoms with Crippen molar-refractivity contribution in [2.24, 2.45) is 0 Å². The van der Waals surface area contributed by atoms with Crippen molar-refractivity contribution in [3.63, 3.8) is 0 Å². The van der Waals surface area contributed by atoms with Crippen LogP contribution in [0.15, 0.2) is 28.7 Å². The summed E-state index contributed by atoms with van der Waals surface area (Å²) in [6.07, 6.45) is -0.569. The fraction of sp³-hybridized carbons (Fsp3) is 0.200. The molecule has 2 amide bonds. The minimum absolute atomic E-state index is 0.146. The van der Waals surface area contributed by atoms with E-state index in [2.05, 4.69) is 20.7 Å². The van der Waals surface area contributed by atoms with E-state index in [1.165, 1.54) is 0 Å². The van der Waals surface area contributed by atoms with Crippen molar-refractivity contribution in [3.05, 3.63) is 34.3 Å². The maximum Gasteiger partial charge on any atom is 0.417 e. The van der Waals surface area contributed by atoms with Crippen LogP contribution >= 0.6 is 15.9 Å². The van der Waals surface area contributed by atoms with Gasteiger partial charge >= 0.3 is 6.09 Å². The van der Waals surface area contributed by atoms with Crippen molar-refractivity contribution < 1.29 is 14.3 Å². The number of benzene rings is 1. The molecule has 1 saturated heterocycles. The highest BCUT2D eigenvalue weighted by atomic mass is 79.9. The third kappa shape index (κ3) is 2.18. The Kier molecular flexibility index (Phi) is 2.73. The van der Waals surface area contributed by atoms with Crippen molar-refractivity contribution in [3.8, 4) is 0 Å². The van der Waals surface area contributed by atoms with E-state index < -0.39 is 6.09 Å². The van der Waals surface area contributed by atoms with Gasteiger partial charge in [0.2, 0.25) is 0 Å². The number of rotatable bonds is 2. The molecule has 0 aromatic heterocycles. The van der Waals surface area contributed by atoms with Crippen LogP contribution in [0.4, 0.5) is 4.79 Å². The van der Waals surface area contributed by atoms with E-state index in [4.69, 9.17) is 0 Å². The molecule has 1 aromatic rings. The van der Waals surface area contributed by atoms with Gasteiger partial charge in [-0.2, -0.15) is 0 Å². The van der Waals surface area contributed by atoms with E-state index >= 15 is 0 Å². The lowest BCUT2D eigenvalue weighted by atomic mass is 10.2. The first kappa shape index (κ1) is 10.2. The second-order valence-corrected chi connectivity index (χ2v) is 4.08. The van der Waals surface area contributed by atoms with Gasteiger partial charge in [0.05, 0.1) is 6.54 Å². The number of amides is 2. The molecule has 0 spiro atoms. The largest absolute Gasteiger partial charge is 0.439 e. The second-order valence-electron chi connectivity index (χ2n) is 3.16. The summed E-state index contributed by atoms with van der Waals surface area (Å²) >= 11 is 3.32. The van der Waals surface area contributed by atoms with E-state index in [1.807, 2.05) is 24.3 Å². The van der Waals surface area contributed by atoms with E-state index in [9.17, 15) is 9.59 Å². The molecule has 15 heavy (non-hydrogen) atoms. The molecule has 1 fully saturated rings. The van der Waals surface area contributed by atoms with Crippen LogP contribution in [0.2, 0.25) is 0 Å². The molecule has 0 unspecified atom stereocenters. The Bertz CT molecular complexity index is 403. The number of nitrogens with zero attached hydrogens (tertiary/aromatic N) is 1. The average Bonchev–Trinajstić information content (AvgIpc) is 2.50. The molecule has 0 saturated carbocycles. The molecule has 0 radical (unpaired) electrons. The summed E-state index contributed by atoms with van der Waals surface area (Å²) < 4.78 is 5.52. The number of ether oxygens (including phenoxy) is 1. The van der Waals surface area contributed by atoms with Gasteiger partial charge < -0.3 is 4.74 Å². The summed E-state index contributed by atoms with van der Waals surface area (Å²) in [5, 5.41) is 0. The van der Waals surface area contributed by atoms with Crippen molar-refractivity contribution in [1.29, 1.82) is 0 Å². The number of hydrogen-bond donors (Lipinski definition) is 0. The lowest BCUT2D eigenvalue weighted by Gasteiger charge is -2.10. The molecule has 1 aliphatic rings. The molecule has 4 nitrogen and oxygen atoms in total. The van der Waals surface area contributed by atoms with Gasteiger partial charge in [0.15, 0.2) is 6.61 Å². The van der Waals surface area contributed by atoms with Gasteiger partial charge in [-0.05, 0) is 17.7 Å². The number of carbonyl (C=O) groups is 2. The molecule has 1 aromatic carbocycles. The topological polar surface area (TPSA) is 46.6 Å². The second kappa shape index (κ2) is 4.02. The monoisotopic (exact) mass is 269 g/mol. The SMILES string of the molecule is O=C1COC(=O)N1Cc1cccc(Br)c1. The summed E-state index contributed by atoms with van der Waals surface area (Å²) in [7, 11) is 0. The first-order chi connectivity index (χ1) is 7.16. The Morgan fingerprint density at radius 2 is 2.20 bits per heavy atom. The smallest absolute Gasteiger partial charge is 0.417 e. The van der Waals surface area contributed by atoms with E-state index in [-0.39, 0.29) is 19.1 Å². The van der Waals surface area contributed by atoms with Gasteiger partial charge in [-0.15, -0.1) is 0 Å². The van der Waals surface area contributed by atoms with Crippen molar-refractivity contribution in [1.82, 2.24) is 4.90 Å². The fourth-order valence-corrected chi connectivity index (χ4v) is 1.80. The molecule has 5 heteroatoms. The minimum atomic E-state index is -0.569. The molecule has 0 aliphatic carbocycles. The molecular formula is C10H8BrNO3. The van der Waals surface area contributed by atoms with Gasteiger partial charge in [-0.25, -0.2) is 9.69 Å². The Morgan fingerprint density at radius 1 is 1.40 bits per heavy atom. The lowest BCUT2D eigenvalue weighted by Crippen LogP contribution is -2.28. The molecule has 1 heterocycles. The van der Waals surface area contributed by atoms with Crippen molar-refractivity contribution in [2.45, 2.75) is 6.54 Å². The number of hydrogen-bond acceptors (Lipinski definition) is 3. The highest BCUT2D eigenvalue weighted by molar-refractivity contribution is 9.10. The van der Waals surface area contributed by atoms with Gasteiger partial charge in [0.1, 0.15) is 0 Å². The van der Waals surface area contributed by atoms with Crippen LogP contribution in [0.1, 0.15) is 5.56 Å². The summed E-state index contributed by atoms with van der Waals surface area (Å²) in [5.41, 5.74) is 0.886. The first-order valence-corrected chi connectivity index (χ1v) is 5.17. The molecule has 78 valence electrons. The van der Waals surface area contributed by atoms with Crippen LogP contribution in [-0.4, -0.2) is 23.5 Å². The van der Waals surface area contributed by atoms with E-state index in [0.29, 0.717) is 0 Å². The summed E-state index contributed by atoms with van der Waals surface area (Å²) in [5.74, 6) is -0.292. The third-order valence-corrected chi connectivity index (χ3v) is 2.56. The van der Waals surface area contributed by atoms with Crippen LogP contribution in [0.3, 0.4) is 0 Å².